The molecule has 23 heavy (non-hydrogen) atoms. The van der Waals surface area contributed by atoms with E-state index < -0.39 is 0 Å². The Morgan fingerprint density at radius 2 is 1.96 bits per heavy atom. The molecule has 4 nitrogen and oxygen atoms in total. The zero-order valence-electron chi connectivity index (χ0n) is 14.0. The monoisotopic (exact) mass is 312 g/mol. The van der Waals surface area contributed by atoms with Gasteiger partial charge in [0.25, 0.3) is 5.91 Å². The van der Waals surface area contributed by atoms with Crippen molar-refractivity contribution < 1.29 is 9.90 Å². The second-order valence-electron chi connectivity index (χ2n) is 6.69. The Bertz CT molecular complexity index is 731. The van der Waals surface area contributed by atoms with Crippen molar-refractivity contribution in [2.24, 2.45) is 5.92 Å². The van der Waals surface area contributed by atoms with Gasteiger partial charge in [0, 0.05) is 18.5 Å². The number of carbonyl (C=O) groups is 1. The van der Waals surface area contributed by atoms with Gasteiger partial charge in [-0.3, -0.25) is 9.78 Å². The number of rotatable bonds is 2. The standard InChI is InChI=1S/C19H24N2O2/c1-12-4-5-18-16(10-12)11-17(13(2)20-18)19(23)21-8-6-15(7-9-21)14(3)22/h4-5,10-11,14-15,22H,6-9H2,1-3H3. The maximum atomic E-state index is 12.8. The van der Waals surface area contributed by atoms with Crippen LogP contribution >= 0.6 is 0 Å². The first-order valence-corrected chi connectivity index (χ1v) is 8.31. The van der Waals surface area contributed by atoms with Gasteiger partial charge in [0.15, 0.2) is 0 Å². The molecule has 2 heterocycles. The summed E-state index contributed by atoms with van der Waals surface area (Å²) in [5.74, 6) is 0.361. The number of aryl methyl sites for hydroxylation is 2. The number of benzene rings is 1. The highest BCUT2D eigenvalue weighted by Crippen LogP contribution is 2.24. The van der Waals surface area contributed by atoms with Crippen LogP contribution in [0.3, 0.4) is 0 Å². The van der Waals surface area contributed by atoms with Gasteiger partial charge in [-0.1, -0.05) is 11.6 Å². The van der Waals surface area contributed by atoms with Gasteiger partial charge < -0.3 is 10.0 Å². The van der Waals surface area contributed by atoms with Gasteiger partial charge in [-0.2, -0.15) is 0 Å². The molecule has 1 aliphatic rings. The Hall–Kier alpha value is -1.94. The highest BCUT2D eigenvalue weighted by Gasteiger charge is 2.27. The molecule has 1 atom stereocenters. The van der Waals surface area contributed by atoms with Gasteiger partial charge in [-0.25, -0.2) is 0 Å². The van der Waals surface area contributed by atoms with Crippen LogP contribution in [0.15, 0.2) is 24.3 Å². The SMILES string of the molecule is Cc1ccc2nc(C)c(C(=O)N3CCC(C(C)O)CC3)cc2c1. The van der Waals surface area contributed by atoms with E-state index >= 15 is 0 Å². The van der Waals surface area contributed by atoms with E-state index in [4.69, 9.17) is 0 Å². The van der Waals surface area contributed by atoms with Crippen molar-refractivity contribution in [3.8, 4) is 0 Å². The lowest BCUT2D eigenvalue weighted by atomic mass is 9.92. The number of aliphatic hydroxyl groups is 1. The maximum absolute atomic E-state index is 12.8. The topological polar surface area (TPSA) is 53.4 Å². The molecular formula is C19H24N2O2. The molecule has 2 aromatic rings. The predicted molar refractivity (Wildman–Crippen MR) is 91.5 cm³/mol. The van der Waals surface area contributed by atoms with E-state index in [0.717, 1.165) is 29.4 Å². The molecule has 1 fully saturated rings. The fourth-order valence-electron chi connectivity index (χ4n) is 3.36. The number of amides is 1. The van der Waals surface area contributed by atoms with Crippen LogP contribution < -0.4 is 0 Å². The Morgan fingerprint density at radius 1 is 1.26 bits per heavy atom. The van der Waals surface area contributed by atoms with Crippen molar-refractivity contribution >= 4 is 16.8 Å². The number of hydrogen-bond donors (Lipinski definition) is 1. The summed E-state index contributed by atoms with van der Waals surface area (Å²) < 4.78 is 0. The van der Waals surface area contributed by atoms with Crippen molar-refractivity contribution in [1.82, 2.24) is 9.88 Å². The zero-order chi connectivity index (χ0) is 16.6. The molecule has 0 radical (unpaired) electrons. The molecule has 0 saturated carbocycles. The van der Waals surface area contributed by atoms with E-state index in [1.165, 1.54) is 5.56 Å². The summed E-state index contributed by atoms with van der Waals surface area (Å²) in [6.45, 7) is 7.19. The molecular weight excluding hydrogens is 288 g/mol. The molecule has 1 N–H and O–H groups in total. The summed E-state index contributed by atoms with van der Waals surface area (Å²) in [5.41, 5.74) is 3.57. The fourth-order valence-corrected chi connectivity index (χ4v) is 3.36. The van der Waals surface area contributed by atoms with Crippen LogP contribution in [0.4, 0.5) is 0 Å². The van der Waals surface area contributed by atoms with Gasteiger partial charge >= 0.3 is 0 Å². The maximum Gasteiger partial charge on any atom is 0.255 e. The fraction of sp³-hybridized carbons (Fsp3) is 0.474. The third-order valence-corrected chi connectivity index (χ3v) is 4.90. The lowest BCUT2D eigenvalue weighted by molar-refractivity contribution is 0.0520. The molecule has 1 aromatic heterocycles. The Balaban J connectivity index is 1.85. The lowest BCUT2D eigenvalue weighted by Crippen LogP contribution is -2.41. The molecule has 122 valence electrons. The first-order valence-electron chi connectivity index (χ1n) is 8.31. The van der Waals surface area contributed by atoms with E-state index in [9.17, 15) is 9.90 Å². The summed E-state index contributed by atoms with van der Waals surface area (Å²) in [7, 11) is 0. The number of hydrogen-bond acceptors (Lipinski definition) is 3. The van der Waals surface area contributed by atoms with E-state index in [1.54, 1.807) is 0 Å². The van der Waals surface area contributed by atoms with Gasteiger partial charge in [0.05, 0.1) is 22.9 Å². The molecule has 0 bridgehead atoms. The number of piperidine rings is 1. The van der Waals surface area contributed by atoms with Crippen molar-refractivity contribution in [2.75, 3.05) is 13.1 Å². The predicted octanol–water partition coefficient (Wildman–Crippen LogP) is 3.08. The second-order valence-corrected chi connectivity index (χ2v) is 6.69. The molecule has 1 saturated heterocycles. The Kier molecular flexibility index (Phi) is 4.35. The highest BCUT2D eigenvalue weighted by atomic mass is 16.3. The highest BCUT2D eigenvalue weighted by molar-refractivity contribution is 5.98. The quantitative estimate of drug-likeness (QED) is 0.927. The second kappa shape index (κ2) is 6.28. The van der Waals surface area contributed by atoms with Crippen LogP contribution in [0.5, 0.6) is 0 Å². The number of carbonyl (C=O) groups excluding carboxylic acids is 1. The molecule has 1 aromatic carbocycles. The van der Waals surface area contributed by atoms with Crippen molar-refractivity contribution in [3.05, 3.63) is 41.1 Å². The zero-order valence-corrected chi connectivity index (χ0v) is 14.0. The largest absolute Gasteiger partial charge is 0.393 e. The summed E-state index contributed by atoms with van der Waals surface area (Å²) in [4.78, 5) is 19.3. The van der Waals surface area contributed by atoms with E-state index in [2.05, 4.69) is 11.1 Å². The molecule has 4 heteroatoms. The Morgan fingerprint density at radius 3 is 2.61 bits per heavy atom. The van der Waals surface area contributed by atoms with Crippen LogP contribution in [0.25, 0.3) is 10.9 Å². The lowest BCUT2D eigenvalue weighted by Gasteiger charge is -2.33. The molecule has 3 rings (SSSR count). The van der Waals surface area contributed by atoms with Crippen LogP contribution in [0.2, 0.25) is 0 Å². The molecule has 0 spiro atoms. The Labute approximate surface area is 137 Å². The van der Waals surface area contributed by atoms with Crippen LogP contribution in [0, 0.1) is 19.8 Å². The minimum absolute atomic E-state index is 0.0578. The van der Waals surface area contributed by atoms with Crippen molar-refractivity contribution in [1.29, 1.82) is 0 Å². The number of pyridine rings is 1. The summed E-state index contributed by atoms with van der Waals surface area (Å²) >= 11 is 0. The van der Waals surface area contributed by atoms with E-state index in [1.807, 2.05) is 43.9 Å². The minimum Gasteiger partial charge on any atom is -0.393 e. The number of likely N-dealkylation sites (tertiary alicyclic amines) is 1. The number of fused-ring (bicyclic) bond motifs is 1. The molecule has 1 aliphatic heterocycles. The average molecular weight is 312 g/mol. The molecule has 1 unspecified atom stereocenters. The van der Waals surface area contributed by atoms with E-state index in [0.29, 0.717) is 24.6 Å². The summed E-state index contributed by atoms with van der Waals surface area (Å²) in [5, 5.41) is 10.7. The van der Waals surface area contributed by atoms with Gasteiger partial charge in [0.2, 0.25) is 0 Å². The van der Waals surface area contributed by atoms with Crippen molar-refractivity contribution in [2.45, 2.75) is 39.7 Å². The third-order valence-electron chi connectivity index (χ3n) is 4.90. The number of aromatic nitrogens is 1. The van der Waals surface area contributed by atoms with Crippen LogP contribution in [-0.2, 0) is 0 Å². The molecule has 0 aliphatic carbocycles. The first kappa shape index (κ1) is 15.9. The van der Waals surface area contributed by atoms with Gasteiger partial charge in [-0.15, -0.1) is 0 Å². The van der Waals surface area contributed by atoms with Crippen LogP contribution in [-0.4, -0.2) is 40.1 Å². The minimum atomic E-state index is -0.292. The molecule has 1 amide bonds. The summed E-state index contributed by atoms with van der Waals surface area (Å²) in [6, 6.07) is 8.07. The van der Waals surface area contributed by atoms with Crippen molar-refractivity contribution in [3.63, 3.8) is 0 Å². The summed E-state index contributed by atoms with van der Waals surface area (Å²) in [6.07, 6.45) is 1.44. The first-order chi connectivity index (χ1) is 11.0. The number of nitrogens with zero attached hydrogens (tertiary/aromatic N) is 2. The average Bonchev–Trinajstić information content (AvgIpc) is 2.54. The smallest absolute Gasteiger partial charge is 0.255 e. The third kappa shape index (κ3) is 3.22. The normalized spacial score (nSPS) is 17.5. The van der Waals surface area contributed by atoms with Gasteiger partial charge in [0.1, 0.15) is 0 Å². The van der Waals surface area contributed by atoms with E-state index in [-0.39, 0.29) is 12.0 Å². The van der Waals surface area contributed by atoms with Gasteiger partial charge in [-0.05, 0) is 57.7 Å². The number of aliphatic hydroxyl groups excluding tert-OH is 1. The van der Waals surface area contributed by atoms with Crippen LogP contribution in [0.1, 0.15) is 41.4 Å².